The van der Waals surface area contributed by atoms with E-state index in [2.05, 4.69) is 96.8 Å². The second-order valence-electron chi connectivity index (χ2n) is 22.6. The van der Waals surface area contributed by atoms with Crippen LogP contribution in [0.1, 0.15) is 140 Å². The fourth-order valence-corrected chi connectivity index (χ4v) is 10.1. The maximum absolute atomic E-state index is 14.4. The molecule has 2 aromatic heterocycles. The molecule has 18 nitrogen and oxygen atoms in total. The number of hydrogen-bond donors (Lipinski definition) is 7. The zero-order valence-corrected chi connectivity index (χ0v) is 45.6. The molecule has 0 bridgehead atoms. The van der Waals surface area contributed by atoms with Crippen LogP contribution in [0.4, 0.5) is 0 Å². The Kier molecular flexibility index (Phi) is 20.0. The van der Waals surface area contributed by atoms with Crippen molar-refractivity contribution in [2.45, 2.75) is 182 Å². The first kappa shape index (κ1) is 57.2. The summed E-state index contributed by atoms with van der Waals surface area (Å²) in [5.41, 5.74) is 4.96. The van der Waals surface area contributed by atoms with Crippen LogP contribution in [-0.4, -0.2) is 110 Å². The van der Waals surface area contributed by atoms with Crippen molar-refractivity contribution < 1.29 is 24.0 Å². The number of nitrogens with one attached hydrogen (secondary N) is 7. The average molecular weight is 1020 g/mol. The normalized spacial score (nSPS) is 18.7. The van der Waals surface area contributed by atoms with Crippen molar-refractivity contribution in [2.75, 3.05) is 14.1 Å². The lowest BCUT2D eigenvalue weighted by Crippen LogP contribution is -2.61. The molecular weight excluding hydrogens is 935 g/mol. The zero-order chi connectivity index (χ0) is 53.7. The number of fused-ring (bicyclic) bond motifs is 2. The number of likely N-dealkylation sites (N-methyl/N-ethyl adjacent to an activating group) is 2. The Morgan fingerprint density at radius 2 is 1.12 bits per heavy atom. The van der Waals surface area contributed by atoms with Gasteiger partial charge >= 0.3 is 0 Å². The zero-order valence-electron chi connectivity index (χ0n) is 45.6. The van der Waals surface area contributed by atoms with Crippen LogP contribution in [0.15, 0.2) is 73.1 Å². The molecule has 0 saturated carbocycles. The number of Topliss-reactive ketones (excluding diaryl/α,β-unsaturated/α-hetero) is 1. The number of ketones is 1. The van der Waals surface area contributed by atoms with Crippen molar-refractivity contribution in [3.8, 4) is 0 Å². The fourth-order valence-electron chi connectivity index (χ4n) is 10.1. The molecule has 2 heterocycles. The number of rotatable bonds is 24. The van der Waals surface area contributed by atoms with Gasteiger partial charge in [0.1, 0.15) is 11.8 Å². The van der Waals surface area contributed by atoms with Gasteiger partial charge in [0.15, 0.2) is 0 Å². The van der Waals surface area contributed by atoms with Gasteiger partial charge in [-0.25, -0.2) is 9.36 Å². The highest BCUT2D eigenvalue weighted by molar-refractivity contribution is 5.93. The molecule has 74 heavy (non-hydrogen) atoms. The Labute approximate surface area is 438 Å². The summed E-state index contributed by atoms with van der Waals surface area (Å²) in [6, 6.07) is 13.1. The van der Waals surface area contributed by atoms with Gasteiger partial charge < -0.3 is 37.2 Å². The summed E-state index contributed by atoms with van der Waals surface area (Å²) in [4.78, 5) is 68.9. The summed E-state index contributed by atoms with van der Waals surface area (Å²) in [7, 11) is 3.47. The van der Waals surface area contributed by atoms with Gasteiger partial charge in [0.05, 0.1) is 54.7 Å². The lowest BCUT2D eigenvalue weighted by molar-refractivity contribution is -0.136. The maximum Gasteiger partial charge on any atom is 0.243 e. The molecule has 0 fully saturated rings. The molecule has 9 atom stereocenters. The average Bonchev–Trinajstić information content (AvgIpc) is 4.03. The topological polar surface area (TPSA) is 231 Å². The van der Waals surface area contributed by atoms with Crippen molar-refractivity contribution in [3.63, 3.8) is 0 Å². The van der Waals surface area contributed by atoms with Crippen LogP contribution in [0, 0.1) is 16.7 Å². The summed E-state index contributed by atoms with van der Waals surface area (Å²) >= 11 is 0. The van der Waals surface area contributed by atoms with Crippen LogP contribution >= 0.6 is 0 Å². The largest absolute Gasteiger partial charge is 0.350 e. The summed E-state index contributed by atoms with van der Waals surface area (Å²) in [5.74, 6) is -1.71. The van der Waals surface area contributed by atoms with E-state index in [1.54, 1.807) is 36.6 Å². The van der Waals surface area contributed by atoms with E-state index in [1.807, 2.05) is 83.3 Å². The molecule has 0 aliphatic heterocycles. The molecule has 2 aliphatic carbocycles. The molecule has 0 saturated heterocycles. The van der Waals surface area contributed by atoms with Gasteiger partial charge in [-0.2, -0.15) is 0 Å². The van der Waals surface area contributed by atoms with Crippen molar-refractivity contribution in [3.05, 3.63) is 107 Å². The first-order valence-corrected chi connectivity index (χ1v) is 26.6. The first-order chi connectivity index (χ1) is 35.1. The molecular formula is C56H83N13O5. The quantitative estimate of drug-likeness (QED) is 0.0470. The number of benzene rings is 2. The number of hydrogen-bond acceptors (Lipinski definition) is 12. The van der Waals surface area contributed by atoms with Crippen LogP contribution in [0.2, 0.25) is 0 Å². The molecule has 2 unspecified atom stereocenters. The van der Waals surface area contributed by atoms with Crippen LogP contribution in [0.25, 0.3) is 0 Å². The molecule has 4 amide bonds. The second-order valence-corrected chi connectivity index (χ2v) is 22.6. The molecule has 4 aromatic rings. The van der Waals surface area contributed by atoms with Gasteiger partial charge in [-0.3, -0.25) is 24.0 Å². The van der Waals surface area contributed by atoms with Gasteiger partial charge in [-0.05, 0) is 106 Å². The third kappa shape index (κ3) is 15.7. The molecule has 0 radical (unpaired) electrons. The highest BCUT2D eigenvalue weighted by atomic mass is 16.2. The summed E-state index contributed by atoms with van der Waals surface area (Å²) in [6.45, 7) is 18.4. The highest BCUT2D eigenvalue weighted by Crippen LogP contribution is 2.33. The SMILES string of the molecule is CN[C@@H](C)C(=O)C[C@H](C(=O)N[C@@H](Cc1cn(CC=CCn2cc(C[C@H](NC(C)C(NC(=O)[C@H](C)NC)C(C)(C)C)C(=O)N[C@@H]3CCCc4ccccc43)nn2)nn1)C(=O)N[C@@H]1CCCc2ccccc21)C(C)(C)C. The summed E-state index contributed by atoms with van der Waals surface area (Å²) < 4.78 is 3.37. The maximum atomic E-state index is 14.4. The number of nitrogens with zero attached hydrogens (tertiary/aromatic N) is 6. The number of aryl methyl sites for hydroxylation is 2. The van der Waals surface area contributed by atoms with Crippen molar-refractivity contribution >= 4 is 29.4 Å². The third-order valence-corrected chi connectivity index (χ3v) is 14.8. The van der Waals surface area contributed by atoms with Gasteiger partial charge in [-0.1, -0.05) is 113 Å². The van der Waals surface area contributed by atoms with Crippen LogP contribution in [0.5, 0.6) is 0 Å². The predicted molar refractivity (Wildman–Crippen MR) is 286 cm³/mol. The van der Waals surface area contributed by atoms with E-state index in [1.165, 1.54) is 11.1 Å². The molecule has 7 N–H and O–H groups in total. The van der Waals surface area contributed by atoms with E-state index in [4.69, 9.17) is 0 Å². The highest BCUT2D eigenvalue weighted by Gasteiger charge is 2.38. The van der Waals surface area contributed by atoms with Gasteiger partial charge in [0, 0.05) is 49.7 Å². The number of amides is 4. The van der Waals surface area contributed by atoms with E-state index in [0.29, 0.717) is 24.5 Å². The molecule has 18 heteroatoms. The Bertz CT molecular complexity index is 2560. The fraction of sp³-hybridized carbons (Fsp3) is 0.589. The number of aromatic nitrogens is 6. The van der Waals surface area contributed by atoms with Crippen molar-refractivity contribution in [1.29, 1.82) is 0 Å². The number of carbonyl (C=O) groups is 5. The monoisotopic (exact) mass is 1020 g/mol. The van der Waals surface area contributed by atoms with Gasteiger partial charge in [-0.15, -0.1) is 10.2 Å². The van der Waals surface area contributed by atoms with E-state index in [-0.39, 0.29) is 84.3 Å². The molecule has 0 spiro atoms. The molecule has 6 rings (SSSR count). The minimum Gasteiger partial charge on any atom is -0.350 e. The lowest BCUT2D eigenvalue weighted by Gasteiger charge is -2.39. The second kappa shape index (κ2) is 25.9. The van der Waals surface area contributed by atoms with E-state index < -0.39 is 29.5 Å². The standard InChI is InChI=1S/C56H83N13O5/c1-35(57-10)49(70)32-44(55(4,5)6)52(72)62-48(54(74)61-46-27-19-23-39-21-13-15-25-43(39)46)31-41-34-69(67-65-41)29-17-16-28-68-33-40(64-66-68)30-47(53(73)60-45-26-18-22-38-20-12-14-24-42(38)45)59-36(2)50(56(7,8)9)63-51(71)37(3)58-11/h12-17,20-21,24-25,33-37,44-48,50,57-59H,18-19,22-23,26-32H2,1-11H3,(H,60,73)(H,61,74)(H,62,72)(H,63,71)/t35-,36?,37-,44+,45+,46+,47-,48-,50?/m0/s1. The van der Waals surface area contributed by atoms with E-state index in [0.717, 1.165) is 49.7 Å². The smallest absolute Gasteiger partial charge is 0.243 e. The minimum absolute atomic E-state index is 0.0294. The summed E-state index contributed by atoms with van der Waals surface area (Å²) in [6.07, 6.45) is 13.3. The third-order valence-electron chi connectivity index (χ3n) is 14.8. The van der Waals surface area contributed by atoms with Crippen molar-refractivity contribution in [1.82, 2.24) is 67.2 Å². The Balaban J connectivity index is 1.12. The van der Waals surface area contributed by atoms with E-state index in [9.17, 15) is 24.0 Å². The van der Waals surface area contributed by atoms with Crippen LogP contribution in [-0.2, 0) is 62.7 Å². The van der Waals surface area contributed by atoms with Gasteiger partial charge in [0.25, 0.3) is 0 Å². The van der Waals surface area contributed by atoms with Crippen molar-refractivity contribution in [2.24, 2.45) is 16.7 Å². The Hall–Kier alpha value is -6.11. The Morgan fingerprint density at radius 3 is 1.61 bits per heavy atom. The predicted octanol–water partition coefficient (Wildman–Crippen LogP) is 4.80. The molecule has 2 aliphatic rings. The number of allylic oxidation sites excluding steroid dienone is 2. The Morgan fingerprint density at radius 1 is 0.635 bits per heavy atom. The van der Waals surface area contributed by atoms with Crippen LogP contribution in [0.3, 0.4) is 0 Å². The van der Waals surface area contributed by atoms with E-state index >= 15 is 0 Å². The first-order valence-electron chi connectivity index (χ1n) is 26.6. The minimum atomic E-state index is -0.971. The summed E-state index contributed by atoms with van der Waals surface area (Å²) in [5, 5.41) is 40.0. The van der Waals surface area contributed by atoms with Gasteiger partial charge in [0.2, 0.25) is 23.6 Å². The lowest BCUT2D eigenvalue weighted by atomic mass is 9.76. The number of carbonyl (C=O) groups excluding carboxylic acids is 5. The molecule has 402 valence electrons. The molecule has 2 aromatic carbocycles. The van der Waals surface area contributed by atoms with Crippen LogP contribution < -0.4 is 37.2 Å².